The van der Waals surface area contributed by atoms with Gasteiger partial charge in [0.25, 0.3) is 0 Å². The number of aliphatic carboxylic acids is 1. The molecule has 1 aliphatic heterocycles. The zero-order valence-corrected chi connectivity index (χ0v) is 14.0. The van der Waals surface area contributed by atoms with Crippen molar-refractivity contribution in [2.24, 2.45) is 10.2 Å². The van der Waals surface area contributed by atoms with Gasteiger partial charge in [0.05, 0.1) is 26.4 Å². The number of nitrogens with zero attached hydrogens (tertiary/aromatic N) is 2. The normalized spacial score (nSPS) is 18.8. The third kappa shape index (κ3) is 4.72. The van der Waals surface area contributed by atoms with Crippen molar-refractivity contribution in [3.05, 3.63) is 23.8 Å². The summed E-state index contributed by atoms with van der Waals surface area (Å²) in [6.07, 6.45) is 1.25. The van der Waals surface area contributed by atoms with Crippen LogP contribution >= 0.6 is 11.8 Å². The maximum atomic E-state index is 11.6. The van der Waals surface area contributed by atoms with Gasteiger partial charge in [0.15, 0.2) is 16.7 Å². The maximum absolute atomic E-state index is 11.6. The zero-order chi connectivity index (χ0) is 17.5. The van der Waals surface area contributed by atoms with E-state index < -0.39 is 11.2 Å². The highest BCUT2D eigenvalue weighted by Crippen LogP contribution is 2.27. The summed E-state index contributed by atoms with van der Waals surface area (Å²) in [5.41, 5.74) is 0.750. The van der Waals surface area contributed by atoms with Crippen molar-refractivity contribution in [1.82, 2.24) is 5.32 Å². The lowest BCUT2D eigenvalue weighted by atomic mass is 10.2. The standard InChI is InChI=1S/C15H17N3O5S/c1-3-23-11-6-9(4-5-10(11)22-2)8-16-18-15-17-14(21)12(24-15)7-13(19)20/h4-6,8,12H,3,7H2,1-2H3,(H,19,20)(H,17,18,21)/b16-8+. The Morgan fingerprint density at radius 2 is 2.25 bits per heavy atom. The van der Waals surface area contributed by atoms with Crippen molar-refractivity contribution >= 4 is 35.0 Å². The SMILES string of the molecule is CCOc1cc(/C=N/N=C2\NC(=O)C(CC(=O)O)S2)ccc1OC. The second-order valence-corrected chi connectivity index (χ2v) is 5.88. The Balaban J connectivity index is 2.05. The van der Waals surface area contributed by atoms with E-state index in [0.717, 1.165) is 17.3 Å². The highest BCUT2D eigenvalue weighted by atomic mass is 32.2. The molecule has 1 aromatic rings. The van der Waals surface area contributed by atoms with Gasteiger partial charge in [0.2, 0.25) is 5.91 Å². The number of amides is 1. The molecule has 0 aromatic heterocycles. The third-order valence-corrected chi connectivity index (χ3v) is 4.05. The molecule has 2 rings (SSSR count). The van der Waals surface area contributed by atoms with Crippen LogP contribution < -0.4 is 14.8 Å². The first-order valence-corrected chi connectivity index (χ1v) is 8.02. The summed E-state index contributed by atoms with van der Waals surface area (Å²) >= 11 is 1.05. The van der Waals surface area contributed by atoms with E-state index in [2.05, 4.69) is 15.5 Å². The van der Waals surface area contributed by atoms with Gasteiger partial charge in [0.1, 0.15) is 5.25 Å². The van der Waals surface area contributed by atoms with Gasteiger partial charge in [-0.25, -0.2) is 0 Å². The largest absolute Gasteiger partial charge is 0.493 e. The Labute approximate surface area is 142 Å². The number of ether oxygens (including phenoxy) is 2. The van der Waals surface area contributed by atoms with Crippen LogP contribution in [0, 0.1) is 0 Å². The van der Waals surface area contributed by atoms with Crippen molar-refractivity contribution in [3.8, 4) is 11.5 Å². The van der Waals surface area contributed by atoms with Crippen LogP contribution in [0.5, 0.6) is 11.5 Å². The van der Waals surface area contributed by atoms with E-state index in [1.165, 1.54) is 6.21 Å². The molecule has 8 nitrogen and oxygen atoms in total. The minimum atomic E-state index is -1.03. The molecule has 0 saturated carbocycles. The van der Waals surface area contributed by atoms with Crippen molar-refractivity contribution < 1.29 is 24.2 Å². The van der Waals surface area contributed by atoms with Crippen LogP contribution in [0.3, 0.4) is 0 Å². The number of hydrogen-bond acceptors (Lipinski definition) is 7. The Morgan fingerprint density at radius 3 is 2.92 bits per heavy atom. The lowest BCUT2D eigenvalue weighted by Crippen LogP contribution is -2.26. The molecule has 1 unspecified atom stereocenters. The predicted molar refractivity (Wildman–Crippen MR) is 91.0 cm³/mol. The number of nitrogens with one attached hydrogen (secondary N) is 1. The van der Waals surface area contributed by atoms with Crippen molar-refractivity contribution in [1.29, 1.82) is 0 Å². The van der Waals surface area contributed by atoms with Crippen LogP contribution in [0.15, 0.2) is 28.4 Å². The van der Waals surface area contributed by atoms with Gasteiger partial charge in [-0.05, 0) is 30.7 Å². The lowest BCUT2D eigenvalue weighted by Gasteiger charge is -2.09. The Hall–Kier alpha value is -2.55. The summed E-state index contributed by atoms with van der Waals surface area (Å²) in [7, 11) is 1.56. The molecule has 128 valence electrons. The van der Waals surface area contributed by atoms with E-state index in [-0.39, 0.29) is 17.5 Å². The van der Waals surface area contributed by atoms with Gasteiger partial charge >= 0.3 is 5.97 Å². The third-order valence-electron chi connectivity index (χ3n) is 2.98. The van der Waals surface area contributed by atoms with Crippen molar-refractivity contribution in [3.63, 3.8) is 0 Å². The van der Waals surface area contributed by atoms with E-state index in [4.69, 9.17) is 14.6 Å². The number of amidine groups is 1. The Morgan fingerprint density at radius 1 is 1.46 bits per heavy atom. The summed E-state index contributed by atoms with van der Waals surface area (Å²) < 4.78 is 10.7. The zero-order valence-electron chi connectivity index (χ0n) is 13.2. The topological polar surface area (TPSA) is 110 Å². The van der Waals surface area contributed by atoms with Crippen LogP contribution in [0.25, 0.3) is 0 Å². The summed E-state index contributed by atoms with van der Waals surface area (Å²) in [6, 6.07) is 5.31. The van der Waals surface area contributed by atoms with Gasteiger partial charge in [-0.15, -0.1) is 5.10 Å². The lowest BCUT2D eigenvalue weighted by molar-refractivity contribution is -0.138. The molecule has 2 N–H and O–H groups in total. The highest BCUT2D eigenvalue weighted by molar-refractivity contribution is 8.15. The molecule has 0 bridgehead atoms. The van der Waals surface area contributed by atoms with E-state index in [1.807, 2.05) is 6.92 Å². The van der Waals surface area contributed by atoms with E-state index in [0.29, 0.717) is 18.1 Å². The molecule has 0 radical (unpaired) electrons. The van der Waals surface area contributed by atoms with E-state index >= 15 is 0 Å². The monoisotopic (exact) mass is 351 g/mol. The number of methoxy groups -OCH3 is 1. The molecule has 0 spiro atoms. The number of hydrogen-bond donors (Lipinski definition) is 2. The molecule has 24 heavy (non-hydrogen) atoms. The average Bonchev–Trinajstić information content (AvgIpc) is 2.87. The molecule has 1 amide bonds. The van der Waals surface area contributed by atoms with Gasteiger partial charge in [0, 0.05) is 0 Å². The van der Waals surface area contributed by atoms with Crippen LogP contribution in [0.1, 0.15) is 18.9 Å². The molecule has 1 aliphatic rings. The number of benzene rings is 1. The van der Waals surface area contributed by atoms with Gasteiger partial charge < -0.3 is 19.9 Å². The summed E-state index contributed by atoms with van der Waals surface area (Å²) in [6.45, 7) is 2.38. The molecule has 1 fully saturated rings. The fourth-order valence-corrected chi connectivity index (χ4v) is 2.85. The first-order valence-electron chi connectivity index (χ1n) is 7.14. The minimum absolute atomic E-state index is 0.255. The Kier molecular flexibility index (Phi) is 6.19. The number of carbonyl (C=O) groups is 2. The average molecular weight is 351 g/mol. The van der Waals surface area contributed by atoms with Crippen molar-refractivity contribution in [2.75, 3.05) is 13.7 Å². The highest BCUT2D eigenvalue weighted by Gasteiger charge is 2.32. The van der Waals surface area contributed by atoms with Gasteiger partial charge in [-0.3, -0.25) is 9.59 Å². The van der Waals surface area contributed by atoms with Crippen LogP contribution in [0.4, 0.5) is 0 Å². The molecule has 0 aliphatic carbocycles. The molecule has 1 aromatic carbocycles. The molecular formula is C15H17N3O5S. The second-order valence-electron chi connectivity index (χ2n) is 4.69. The predicted octanol–water partition coefficient (Wildman–Crippen LogP) is 1.49. The van der Waals surface area contributed by atoms with Crippen LogP contribution in [0.2, 0.25) is 0 Å². The maximum Gasteiger partial charge on any atom is 0.305 e. The molecular weight excluding hydrogens is 334 g/mol. The van der Waals surface area contributed by atoms with Crippen LogP contribution in [-0.4, -0.2) is 47.3 Å². The summed E-state index contributed by atoms with van der Waals surface area (Å²) in [4.78, 5) is 22.2. The van der Waals surface area contributed by atoms with Crippen LogP contribution in [-0.2, 0) is 9.59 Å². The fraction of sp³-hybridized carbons (Fsp3) is 0.333. The molecule has 9 heteroatoms. The first-order chi connectivity index (χ1) is 11.5. The molecule has 1 saturated heterocycles. The molecule has 1 atom stereocenters. The smallest absolute Gasteiger partial charge is 0.305 e. The quantitative estimate of drug-likeness (QED) is 0.569. The number of rotatable bonds is 7. The van der Waals surface area contributed by atoms with Gasteiger partial charge in [-0.2, -0.15) is 5.10 Å². The summed E-state index contributed by atoms with van der Waals surface area (Å²) in [5.74, 6) is -0.189. The first kappa shape index (κ1) is 17.8. The second kappa shape index (κ2) is 8.34. The number of carboxylic acids is 1. The van der Waals surface area contributed by atoms with Gasteiger partial charge in [-0.1, -0.05) is 11.8 Å². The minimum Gasteiger partial charge on any atom is -0.493 e. The molecule has 1 heterocycles. The number of carbonyl (C=O) groups excluding carboxylic acids is 1. The van der Waals surface area contributed by atoms with E-state index in [9.17, 15) is 9.59 Å². The van der Waals surface area contributed by atoms with Crippen molar-refractivity contribution in [2.45, 2.75) is 18.6 Å². The number of carboxylic acid groups (broad SMARTS) is 1. The Bertz CT molecular complexity index is 690. The van der Waals surface area contributed by atoms with E-state index in [1.54, 1.807) is 25.3 Å². The number of thioether (sulfide) groups is 1. The summed E-state index contributed by atoms with van der Waals surface area (Å²) in [5, 5.41) is 18.6. The fourth-order valence-electron chi connectivity index (χ4n) is 1.94.